The Morgan fingerprint density at radius 3 is 2.68 bits per heavy atom. The average Bonchev–Trinajstić information content (AvgIpc) is 3.34. The third-order valence-electron chi connectivity index (χ3n) is 4.98. The van der Waals surface area contributed by atoms with E-state index in [1.54, 1.807) is 36.5 Å². The number of pyridine rings is 1. The number of aryl methyl sites for hydroxylation is 1. The first-order valence-corrected chi connectivity index (χ1v) is 10.5. The highest BCUT2D eigenvalue weighted by molar-refractivity contribution is 5.98. The molecule has 1 amide bonds. The molecule has 0 radical (unpaired) electrons. The maximum atomic E-state index is 13.4. The summed E-state index contributed by atoms with van der Waals surface area (Å²) < 4.78 is 57.9. The molecule has 2 aromatic carbocycles. The van der Waals surface area contributed by atoms with Crippen LogP contribution in [0.3, 0.4) is 0 Å². The molecule has 3 aromatic rings. The van der Waals surface area contributed by atoms with Crippen molar-refractivity contribution < 1.29 is 27.1 Å². The zero-order chi connectivity index (χ0) is 24.1. The normalized spacial score (nSPS) is 13.2. The summed E-state index contributed by atoms with van der Waals surface area (Å²) in [6, 6.07) is 13.0. The molecule has 0 fully saturated rings. The summed E-state index contributed by atoms with van der Waals surface area (Å²) in [5.74, 6) is -0.0303. The Morgan fingerprint density at radius 2 is 1.91 bits per heavy atom. The van der Waals surface area contributed by atoms with Crippen LogP contribution >= 0.6 is 0 Å². The van der Waals surface area contributed by atoms with Crippen LogP contribution in [0.15, 0.2) is 65.8 Å². The van der Waals surface area contributed by atoms with Gasteiger partial charge in [-0.15, -0.1) is 0 Å². The SMILES string of the molecule is O=C(CCc1cccc(Oc2ccnc(C3=NCCN3)c2)c1)Nc1ccc(F)c(C(F)(F)F)c1. The Bertz CT molecular complexity index is 1230. The standard InChI is InChI=1S/C24H20F4N4O2/c25-20-6-5-16(13-19(20)24(26,27)28)32-22(33)7-4-15-2-1-3-17(12-15)34-18-8-9-29-21(14-18)23-30-10-11-31-23/h1-3,5-6,8-9,12-14H,4,7,10-11H2,(H,30,31)(H,32,33). The van der Waals surface area contributed by atoms with Crippen LogP contribution in [-0.2, 0) is 17.4 Å². The number of hydrogen-bond donors (Lipinski definition) is 2. The van der Waals surface area contributed by atoms with Gasteiger partial charge in [-0.2, -0.15) is 13.2 Å². The van der Waals surface area contributed by atoms with E-state index in [2.05, 4.69) is 20.6 Å². The van der Waals surface area contributed by atoms with Crippen LogP contribution in [0.4, 0.5) is 23.2 Å². The fourth-order valence-corrected chi connectivity index (χ4v) is 3.38. The molecule has 4 rings (SSSR count). The van der Waals surface area contributed by atoms with Crippen LogP contribution in [0, 0.1) is 5.82 Å². The van der Waals surface area contributed by atoms with E-state index in [9.17, 15) is 22.4 Å². The Balaban J connectivity index is 1.36. The number of nitrogens with zero attached hydrogens (tertiary/aromatic N) is 2. The Hall–Kier alpha value is -3.95. The van der Waals surface area contributed by atoms with Gasteiger partial charge >= 0.3 is 6.18 Å². The van der Waals surface area contributed by atoms with Crippen LogP contribution < -0.4 is 15.4 Å². The summed E-state index contributed by atoms with van der Waals surface area (Å²) >= 11 is 0. The average molecular weight is 472 g/mol. The number of anilines is 1. The molecule has 2 heterocycles. The van der Waals surface area contributed by atoms with E-state index in [0.29, 0.717) is 48.1 Å². The third kappa shape index (κ3) is 5.89. The Labute approximate surface area is 192 Å². The number of amides is 1. The number of amidine groups is 1. The van der Waals surface area contributed by atoms with Gasteiger partial charge in [0.15, 0.2) is 0 Å². The van der Waals surface area contributed by atoms with Gasteiger partial charge in [-0.05, 0) is 48.4 Å². The van der Waals surface area contributed by atoms with Gasteiger partial charge in [-0.1, -0.05) is 12.1 Å². The smallest absolute Gasteiger partial charge is 0.419 e. The molecule has 34 heavy (non-hydrogen) atoms. The molecule has 176 valence electrons. The predicted molar refractivity (Wildman–Crippen MR) is 119 cm³/mol. The second kappa shape index (κ2) is 9.90. The summed E-state index contributed by atoms with van der Waals surface area (Å²) in [6.45, 7) is 1.46. The maximum absolute atomic E-state index is 13.4. The van der Waals surface area contributed by atoms with E-state index < -0.39 is 23.5 Å². The Morgan fingerprint density at radius 1 is 1.09 bits per heavy atom. The summed E-state index contributed by atoms with van der Waals surface area (Å²) in [4.78, 5) is 20.9. The zero-order valence-corrected chi connectivity index (χ0v) is 17.8. The highest BCUT2D eigenvalue weighted by atomic mass is 19.4. The molecule has 0 aliphatic carbocycles. The van der Waals surface area contributed by atoms with Gasteiger partial charge in [0.2, 0.25) is 5.91 Å². The number of alkyl halides is 3. The van der Waals surface area contributed by atoms with Crippen molar-refractivity contribution >= 4 is 17.4 Å². The lowest BCUT2D eigenvalue weighted by atomic mass is 10.1. The highest BCUT2D eigenvalue weighted by Crippen LogP contribution is 2.33. The monoisotopic (exact) mass is 472 g/mol. The number of halogens is 4. The fourth-order valence-electron chi connectivity index (χ4n) is 3.38. The lowest BCUT2D eigenvalue weighted by Crippen LogP contribution is -2.20. The van der Waals surface area contributed by atoms with E-state index in [1.807, 2.05) is 6.07 Å². The number of carbonyl (C=O) groups is 1. The molecule has 0 spiro atoms. The van der Waals surface area contributed by atoms with Gasteiger partial charge < -0.3 is 15.4 Å². The minimum atomic E-state index is -4.85. The minimum absolute atomic E-state index is 0.0209. The lowest BCUT2D eigenvalue weighted by molar-refractivity contribution is -0.140. The van der Waals surface area contributed by atoms with Gasteiger partial charge in [-0.25, -0.2) is 4.39 Å². The highest BCUT2D eigenvalue weighted by Gasteiger charge is 2.34. The molecular formula is C24H20F4N4O2. The first kappa shape index (κ1) is 23.2. The molecule has 0 atom stereocenters. The quantitative estimate of drug-likeness (QED) is 0.477. The predicted octanol–water partition coefficient (Wildman–Crippen LogP) is 4.95. The van der Waals surface area contributed by atoms with E-state index >= 15 is 0 Å². The van der Waals surface area contributed by atoms with E-state index in [0.717, 1.165) is 18.2 Å². The van der Waals surface area contributed by atoms with Crippen LogP contribution in [0.1, 0.15) is 23.2 Å². The molecule has 6 nitrogen and oxygen atoms in total. The van der Waals surface area contributed by atoms with E-state index in [4.69, 9.17) is 4.74 Å². The van der Waals surface area contributed by atoms with Crippen LogP contribution in [0.5, 0.6) is 11.5 Å². The molecular weight excluding hydrogens is 452 g/mol. The number of aromatic nitrogens is 1. The summed E-state index contributed by atoms with van der Waals surface area (Å²) in [6.07, 6.45) is -2.87. The summed E-state index contributed by atoms with van der Waals surface area (Å²) in [5.41, 5.74) is -0.0630. The molecule has 10 heteroatoms. The van der Waals surface area contributed by atoms with Gasteiger partial charge in [0.1, 0.15) is 28.8 Å². The molecule has 0 unspecified atom stereocenters. The van der Waals surface area contributed by atoms with Crippen LogP contribution in [0.25, 0.3) is 0 Å². The number of benzene rings is 2. The van der Waals surface area contributed by atoms with Crippen LogP contribution in [0.2, 0.25) is 0 Å². The number of nitrogens with one attached hydrogen (secondary N) is 2. The van der Waals surface area contributed by atoms with Gasteiger partial charge in [0, 0.05) is 30.9 Å². The van der Waals surface area contributed by atoms with Crippen molar-refractivity contribution in [2.75, 3.05) is 18.4 Å². The molecule has 0 saturated heterocycles. The van der Waals surface area contributed by atoms with E-state index in [1.165, 1.54) is 0 Å². The lowest BCUT2D eigenvalue weighted by Gasteiger charge is -2.11. The molecule has 0 bridgehead atoms. The Kier molecular flexibility index (Phi) is 6.76. The van der Waals surface area contributed by atoms with Crippen molar-refractivity contribution in [3.05, 3.63) is 83.4 Å². The van der Waals surface area contributed by atoms with Crippen LogP contribution in [-0.4, -0.2) is 29.8 Å². The van der Waals surface area contributed by atoms with Crippen molar-refractivity contribution in [3.8, 4) is 11.5 Å². The van der Waals surface area contributed by atoms with E-state index in [-0.39, 0.29) is 12.1 Å². The zero-order valence-electron chi connectivity index (χ0n) is 17.8. The van der Waals surface area contributed by atoms with Crippen molar-refractivity contribution in [2.45, 2.75) is 19.0 Å². The summed E-state index contributed by atoms with van der Waals surface area (Å²) in [5, 5.41) is 5.53. The number of ether oxygens (including phenoxy) is 1. The van der Waals surface area contributed by atoms with Gasteiger partial charge in [-0.3, -0.25) is 14.8 Å². The van der Waals surface area contributed by atoms with Crippen molar-refractivity contribution in [1.82, 2.24) is 10.3 Å². The third-order valence-corrected chi connectivity index (χ3v) is 4.98. The van der Waals surface area contributed by atoms with Gasteiger partial charge in [0.05, 0.1) is 12.1 Å². The molecule has 2 N–H and O–H groups in total. The number of hydrogen-bond acceptors (Lipinski definition) is 5. The van der Waals surface area contributed by atoms with Gasteiger partial charge in [0.25, 0.3) is 0 Å². The van der Waals surface area contributed by atoms with Crippen molar-refractivity contribution in [1.29, 1.82) is 0 Å². The first-order chi connectivity index (χ1) is 16.3. The minimum Gasteiger partial charge on any atom is -0.457 e. The largest absolute Gasteiger partial charge is 0.457 e. The number of carbonyl (C=O) groups excluding carboxylic acids is 1. The topological polar surface area (TPSA) is 75.6 Å². The maximum Gasteiger partial charge on any atom is 0.419 e. The second-order valence-electron chi connectivity index (χ2n) is 7.52. The molecule has 1 aromatic heterocycles. The van der Waals surface area contributed by atoms with Crippen molar-refractivity contribution in [2.24, 2.45) is 4.99 Å². The number of rotatable bonds is 7. The second-order valence-corrected chi connectivity index (χ2v) is 7.52. The first-order valence-electron chi connectivity index (χ1n) is 10.5. The molecule has 0 saturated carbocycles. The summed E-state index contributed by atoms with van der Waals surface area (Å²) in [7, 11) is 0. The molecule has 1 aliphatic heterocycles. The molecule has 1 aliphatic rings. The number of aliphatic imine (C=N–C) groups is 1. The van der Waals surface area contributed by atoms with Crippen molar-refractivity contribution in [3.63, 3.8) is 0 Å². The fraction of sp³-hybridized carbons (Fsp3) is 0.208.